The first-order valence-electron chi connectivity index (χ1n) is 7.18. The monoisotopic (exact) mass is 311 g/mol. The zero-order chi connectivity index (χ0) is 15.4. The van der Waals surface area contributed by atoms with Crippen LogP contribution in [0.1, 0.15) is 31.4 Å². The number of primary amides is 1. The molecular formula is C14H21N3O3S. The molecule has 0 atom stereocenters. The molecule has 0 radical (unpaired) electrons. The summed E-state index contributed by atoms with van der Waals surface area (Å²) in [7, 11) is 0. The quantitative estimate of drug-likeness (QED) is 0.869. The van der Waals surface area contributed by atoms with Crippen LogP contribution in [0.2, 0.25) is 0 Å². The lowest BCUT2D eigenvalue weighted by atomic mass is 9.93. The van der Waals surface area contributed by atoms with Crippen LogP contribution in [0.15, 0.2) is 10.2 Å². The van der Waals surface area contributed by atoms with Crippen molar-refractivity contribution in [3.63, 3.8) is 0 Å². The molecule has 0 spiro atoms. The molecule has 1 aliphatic rings. The Morgan fingerprint density at radius 1 is 1.38 bits per heavy atom. The maximum Gasteiger partial charge on any atom is 0.307 e. The van der Waals surface area contributed by atoms with Crippen LogP contribution in [0.25, 0.3) is 0 Å². The number of aryl methyl sites for hydroxylation is 1. The van der Waals surface area contributed by atoms with E-state index in [2.05, 4.69) is 0 Å². The molecule has 2 N–H and O–H groups in total. The van der Waals surface area contributed by atoms with Gasteiger partial charge >= 0.3 is 4.87 Å². The number of aromatic nitrogens is 1. The summed E-state index contributed by atoms with van der Waals surface area (Å²) in [6.07, 6.45) is 2.40. The molecule has 1 fully saturated rings. The van der Waals surface area contributed by atoms with Crippen LogP contribution in [0.5, 0.6) is 0 Å². The summed E-state index contributed by atoms with van der Waals surface area (Å²) < 4.78 is 1.64. The average Bonchev–Trinajstić information content (AvgIpc) is 2.75. The minimum Gasteiger partial charge on any atom is -0.370 e. The number of piperidine rings is 1. The van der Waals surface area contributed by atoms with Gasteiger partial charge in [0, 0.05) is 43.5 Å². The van der Waals surface area contributed by atoms with E-state index in [0.29, 0.717) is 38.4 Å². The molecule has 1 aromatic heterocycles. The summed E-state index contributed by atoms with van der Waals surface area (Å²) in [4.78, 5) is 36.5. The first kappa shape index (κ1) is 15.8. The molecule has 0 bridgehead atoms. The Bertz CT molecular complexity index is 570. The number of hydrogen-bond donors (Lipinski definition) is 1. The summed E-state index contributed by atoms with van der Waals surface area (Å²) in [5.41, 5.74) is 6.10. The highest BCUT2D eigenvalue weighted by Gasteiger charge is 2.23. The van der Waals surface area contributed by atoms with E-state index in [9.17, 15) is 14.4 Å². The van der Waals surface area contributed by atoms with E-state index < -0.39 is 0 Å². The predicted molar refractivity (Wildman–Crippen MR) is 81.0 cm³/mol. The minimum atomic E-state index is -0.271. The first-order valence-corrected chi connectivity index (χ1v) is 8.06. The molecule has 116 valence electrons. The number of carbonyl (C=O) groups is 2. The van der Waals surface area contributed by atoms with Crippen LogP contribution in [0.3, 0.4) is 0 Å². The second-order valence-electron chi connectivity index (χ2n) is 5.54. The Hall–Kier alpha value is -1.63. The highest BCUT2D eigenvalue weighted by Crippen LogP contribution is 2.20. The van der Waals surface area contributed by atoms with E-state index in [1.165, 1.54) is 0 Å². The zero-order valence-electron chi connectivity index (χ0n) is 12.2. The Morgan fingerprint density at radius 2 is 2.05 bits per heavy atom. The standard InChI is InChI=1S/C14H21N3O3S/c1-10-9-21-14(20)17(10)7-4-13(19)16-5-2-11(3-6-16)8-12(15)18/h9,11H,2-8H2,1H3,(H2,15,18). The largest absolute Gasteiger partial charge is 0.370 e. The normalized spacial score (nSPS) is 16.1. The van der Waals surface area contributed by atoms with Gasteiger partial charge in [-0.1, -0.05) is 11.3 Å². The molecule has 7 heteroatoms. The molecule has 0 saturated carbocycles. The van der Waals surface area contributed by atoms with Gasteiger partial charge in [0.25, 0.3) is 0 Å². The maximum absolute atomic E-state index is 12.2. The van der Waals surface area contributed by atoms with Crippen LogP contribution in [0, 0.1) is 12.8 Å². The molecule has 0 aliphatic carbocycles. The van der Waals surface area contributed by atoms with Gasteiger partial charge in [-0.05, 0) is 25.7 Å². The van der Waals surface area contributed by atoms with Crippen molar-refractivity contribution in [3.8, 4) is 0 Å². The molecule has 1 aliphatic heterocycles. The van der Waals surface area contributed by atoms with Crippen molar-refractivity contribution in [1.29, 1.82) is 0 Å². The average molecular weight is 311 g/mol. The maximum atomic E-state index is 12.2. The fourth-order valence-electron chi connectivity index (χ4n) is 2.71. The van der Waals surface area contributed by atoms with Gasteiger partial charge in [-0.15, -0.1) is 0 Å². The van der Waals surface area contributed by atoms with Gasteiger partial charge in [-0.2, -0.15) is 0 Å². The van der Waals surface area contributed by atoms with E-state index in [1.54, 1.807) is 4.57 Å². The van der Waals surface area contributed by atoms with Crippen molar-refractivity contribution < 1.29 is 9.59 Å². The topological polar surface area (TPSA) is 85.4 Å². The van der Waals surface area contributed by atoms with Gasteiger partial charge in [0.1, 0.15) is 0 Å². The fourth-order valence-corrected chi connectivity index (χ4v) is 3.47. The molecule has 6 nitrogen and oxygen atoms in total. The van der Waals surface area contributed by atoms with Crippen LogP contribution in [0.4, 0.5) is 0 Å². The van der Waals surface area contributed by atoms with E-state index in [1.807, 2.05) is 17.2 Å². The second-order valence-corrected chi connectivity index (χ2v) is 6.36. The number of carbonyl (C=O) groups excluding carboxylic acids is 2. The van der Waals surface area contributed by atoms with Gasteiger partial charge in [-0.25, -0.2) is 0 Å². The molecule has 0 aromatic carbocycles. The van der Waals surface area contributed by atoms with Gasteiger partial charge in [0.2, 0.25) is 11.8 Å². The van der Waals surface area contributed by atoms with E-state index in [-0.39, 0.29) is 16.7 Å². The number of amides is 2. The van der Waals surface area contributed by atoms with Crippen molar-refractivity contribution in [1.82, 2.24) is 9.47 Å². The first-order chi connectivity index (χ1) is 9.97. The third-order valence-corrected chi connectivity index (χ3v) is 4.86. The Morgan fingerprint density at radius 3 is 2.57 bits per heavy atom. The number of likely N-dealkylation sites (tertiary alicyclic amines) is 1. The zero-order valence-corrected chi connectivity index (χ0v) is 13.0. The lowest BCUT2D eigenvalue weighted by molar-refractivity contribution is -0.132. The van der Waals surface area contributed by atoms with Crippen molar-refractivity contribution in [2.24, 2.45) is 11.7 Å². The lowest BCUT2D eigenvalue weighted by Gasteiger charge is -2.31. The van der Waals surface area contributed by atoms with Crippen LogP contribution in [-0.2, 0) is 16.1 Å². The summed E-state index contributed by atoms with van der Waals surface area (Å²) >= 11 is 1.16. The van der Waals surface area contributed by atoms with Gasteiger partial charge in [0.15, 0.2) is 0 Å². The highest BCUT2D eigenvalue weighted by atomic mass is 32.1. The third-order valence-electron chi connectivity index (χ3n) is 3.98. The predicted octanol–water partition coefficient (Wildman–Crippen LogP) is 0.722. The Balaban J connectivity index is 1.80. The van der Waals surface area contributed by atoms with Crippen molar-refractivity contribution >= 4 is 23.2 Å². The molecule has 0 unspecified atom stereocenters. The van der Waals surface area contributed by atoms with E-state index >= 15 is 0 Å². The molecule has 21 heavy (non-hydrogen) atoms. The molecule has 2 amide bonds. The molecule has 1 saturated heterocycles. The van der Waals surface area contributed by atoms with Crippen molar-refractivity contribution in [3.05, 3.63) is 20.7 Å². The minimum absolute atomic E-state index is 0.0135. The highest BCUT2D eigenvalue weighted by molar-refractivity contribution is 7.07. The number of nitrogens with zero attached hydrogens (tertiary/aromatic N) is 2. The van der Waals surface area contributed by atoms with Gasteiger partial charge in [0.05, 0.1) is 0 Å². The summed E-state index contributed by atoms with van der Waals surface area (Å²) in [6.45, 7) is 3.66. The van der Waals surface area contributed by atoms with Gasteiger partial charge < -0.3 is 15.2 Å². The summed E-state index contributed by atoms with van der Waals surface area (Å²) in [5.74, 6) is 0.102. The third kappa shape index (κ3) is 4.17. The van der Waals surface area contributed by atoms with Crippen LogP contribution in [-0.4, -0.2) is 34.4 Å². The molecule has 2 rings (SSSR count). The van der Waals surface area contributed by atoms with E-state index in [4.69, 9.17) is 5.73 Å². The lowest BCUT2D eigenvalue weighted by Crippen LogP contribution is -2.39. The van der Waals surface area contributed by atoms with Crippen LogP contribution >= 0.6 is 11.3 Å². The number of thiazole rings is 1. The number of hydrogen-bond acceptors (Lipinski definition) is 4. The molecule has 2 heterocycles. The fraction of sp³-hybridized carbons (Fsp3) is 0.643. The molecule has 1 aromatic rings. The van der Waals surface area contributed by atoms with E-state index in [0.717, 1.165) is 29.9 Å². The Kier molecular flexibility index (Phi) is 5.17. The second kappa shape index (κ2) is 6.89. The van der Waals surface area contributed by atoms with Crippen molar-refractivity contribution in [2.45, 2.75) is 39.2 Å². The van der Waals surface area contributed by atoms with Crippen molar-refractivity contribution in [2.75, 3.05) is 13.1 Å². The Labute approximate surface area is 127 Å². The SMILES string of the molecule is Cc1csc(=O)n1CCC(=O)N1CCC(CC(N)=O)CC1. The number of nitrogens with two attached hydrogens (primary N) is 1. The summed E-state index contributed by atoms with van der Waals surface area (Å²) in [6, 6.07) is 0. The van der Waals surface area contributed by atoms with Crippen LogP contribution < -0.4 is 10.6 Å². The molecular weight excluding hydrogens is 290 g/mol. The smallest absolute Gasteiger partial charge is 0.307 e. The number of rotatable bonds is 5. The van der Waals surface area contributed by atoms with Gasteiger partial charge in [-0.3, -0.25) is 14.4 Å². The summed E-state index contributed by atoms with van der Waals surface area (Å²) in [5, 5.41) is 1.81.